The summed E-state index contributed by atoms with van der Waals surface area (Å²) in [6.07, 6.45) is 4.53. The summed E-state index contributed by atoms with van der Waals surface area (Å²) in [5, 5.41) is 2.93. The normalized spacial score (nSPS) is 13.0. The highest BCUT2D eigenvalue weighted by Gasteiger charge is 2.18. The summed E-state index contributed by atoms with van der Waals surface area (Å²) < 4.78 is 0. The van der Waals surface area contributed by atoms with Crippen LogP contribution in [0.3, 0.4) is 0 Å². The highest BCUT2D eigenvalue weighted by Crippen LogP contribution is 2.23. The van der Waals surface area contributed by atoms with E-state index in [1.165, 1.54) is 28.9 Å². The summed E-state index contributed by atoms with van der Waals surface area (Å²) in [4.78, 5) is 26.6. The Labute approximate surface area is 155 Å². The lowest BCUT2D eigenvalue weighted by atomic mass is 9.90. The molecule has 2 amide bonds. The third kappa shape index (κ3) is 3.96. The molecule has 0 aromatic heterocycles. The molecule has 0 saturated heterocycles. The number of benzene rings is 2. The van der Waals surface area contributed by atoms with Crippen molar-refractivity contribution in [2.75, 3.05) is 18.9 Å². The van der Waals surface area contributed by atoms with Crippen molar-refractivity contribution in [2.24, 2.45) is 0 Å². The second-order valence-electron chi connectivity index (χ2n) is 7.17. The van der Waals surface area contributed by atoms with Gasteiger partial charge in [-0.25, -0.2) is 0 Å². The number of anilines is 1. The minimum Gasteiger partial charge on any atom is -0.332 e. The number of fused-ring (bicyclic) bond motifs is 1. The first-order valence-corrected chi connectivity index (χ1v) is 9.19. The van der Waals surface area contributed by atoms with Gasteiger partial charge in [-0.3, -0.25) is 9.59 Å². The van der Waals surface area contributed by atoms with E-state index in [2.05, 4.69) is 11.4 Å². The second-order valence-corrected chi connectivity index (χ2v) is 7.17. The maximum Gasteiger partial charge on any atom is 0.254 e. The van der Waals surface area contributed by atoms with Crippen LogP contribution in [0.5, 0.6) is 0 Å². The molecule has 26 heavy (non-hydrogen) atoms. The van der Waals surface area contributed by atoms with Crippen LogP contribution in [0.15, 0.2) is 36.4 Å². The van der Waals surface area contributed by atoms with E-state index in [0.29, 0.717) is 5.56 Å². The summed E-state index contributed by atoms with van der Waals surface area (Å²) in [6.45, 7) is 3.96. The smallest absolute Gasteiger partial charge is 0.254 e. The topological polar surface area (TPSA) is 49.4 Å². The summed E-state index contributed by atoms with van der Waals surface area (Å²) >= 11 is 0. The Morgan fingerprint density at radius 2 is 1.65 bits per heavy atom. The summed E-state index contributed by atoms with van der Waals surface area (Å²) in [7, 11) is 1.67. The Bertz CT molecular complexity index is 822. The molecule has 1 N–H and O–H groups in total. The number of aryl methyl sites for hydroxylation is 4. The van der Waals surface area contributed by atoms with E-state index >= 15 is 0 Å². The Morgan fingerprint density at radius 3 is 2.35 bits per heavy atom. The molecule has 3 rings (SSSR count). The van der Waals surface area contributed by atoms with Gasteiger partial charge in [0.05, 0.1) is 6.54 Å². The molecular weight excluding hydrogens is 324 g/mol. The minimum absolute atomic E-state index is 0.0314. The van der Waals surface area contributed by atoms with E-state index in [9.17, 15) is 9.59 Å². The van der Waals surface area contributed by atoms with Crippen LogP contribution in [0, 0.1) is 13.8 Å². The van der Waals surface area contributed by atoms with Crippen LogP contribution in [-0.2, 0) is 17.6 Å². The Hall–Kier alpha value is -2.62. The lowest BCUT2D eigenvalue weighted by molar-refractivity contribution is -0.116. The van der Waals surface area contributed by atoms with Crippen molar-refractivity contribution in [2.45, 2.75) is 39.5 Å². The molecule has 0 fully saturated rings. The second kappa shape index (κ2) is 7.73. The highest BCUT2D eigenvalue weighted by molar-refractivity contribution is 5.99. The third-order valence-corrected chi connectivity index (χ3v) is 5.07. The van der Waals surface area contributed by atoms with Gasteiger partial charge in [0.15, 0.2) is 0 Å². The summed E-state index contributed by atoms with van der Waals surface area (Å²) in [5.41, 5.74) is 6.14. The number of nitrogens with zero attached hydrogens (tertiary/aromatic N) is 1. The fraction of sp³-hybridized carbons (Fsp3) is 0.364. The quantitative estimate of drug-likeness (QED) is 0.909. The van der Waals surface area contributed by atoms with Crippen molar-refractivity contribution in [1.29, 1.82) is 0 Å². The average Bonchev–Trinajstić information content (AvgIpc) is 2.63. The Morgan fingerprint density at radius 1 is 1.00 bits per heavy atom. The zero-order valence-electron chi connectivity index (χ0n) is 15.8. The Kier molecular flexibility index (Phi) is 5.40. The van der Waals surface area contributed by atoms with Crippen molar-refractivity contribution in [3.05, 3.63) is 64.2 Å². The van der Waals surface area contributed by atoms with Crippen LogP contribution >= 0.6 is 0 Å². The fourth-order valence-corrected chi connectivity index (χ4v) is 3.56. The van der Waals surface area contributed by atoms with Gasteiger partial charge in [-0.15, -0.1) is 0 Å². The predicted molar refractivity (Wildman–Crippen MR) is 105 cm³/mol. The van der Waals surface area contributed by atoms with Crippen molar-refractivity contribution < 1.29 is 9.59 Å². The van der Waals surface area contributed by atoms with E-state index in [4.69, 9.17) is 0 Å². The van der Waals surface area contributed by atoms with Crippen LogP contribution in [0.4, 0.5) is 5.69 Å². The number of nitrogens with one attached hydrogen (secondary N) is 1. The van der Waals surface area contributed by atoms with E-state index < -0.39 is 0 Å². The lowest BCUT2D eigenvalue weighted by Crippen LogP contribution is -2.35. The molecule has 136 valence electrons. The predicted octanol–water partition coefficient (Wildman–Crippen LogP) is 3.89. The van der Waals surface area contributed by atoms with Crippen LogP contribution in [0.2, 0.25) is 0 Å². The number of carbonyl (C=O) groups excluding carboxylic acids is 2. The van der Waals surface area contributed by atoms with E-state index in [-0.39, 0.29) is 18.4 Å². The molecule has 1 aliphatic carbocycles. The van der Waals surface area contributed by atoms with Crippen LogP contribution in [0.1, 0.15) is 45.5 Å². The van der Waals surface area contributed by atoms with Crippen LogP contribution in [0.25, 0.3) is 0 Å². The van der Waals surface area contributed by atoms with Gasteiger partial charge in [-0.2, -0.15) is 0 Å². The Balaban J connectivity index is 1.66. The van der Waals surface area contributed by atoms with E-state index in [1.807, 2.05) is 44.2 Å². The van der Waals surface area contributed by atoms with Gasteiger partial charge in [0, 0.05) is 18.3 Å². The monoisotopic (exact) mass is 350 g/mol. The largest absolute Gasteiger partial charge is 0.332 e. The number of hydrogen-bond acceptors (Lipinski definition) is 2. The summed E-state index contributed by atoms with van der Waals surface area (Å²) in [6, 6.07) is 11.8. The van der Waals surface area contributed by atoms with E-state index in [1.54, 1.807) is 7.05 Å². The molecule has 4 heteroatoms. The molecule has 0 heterocycles. The molecule has 0 spiro atoms. The molecule has 0 bridgehead atoms. The molecular formula is C22H26N2O2. The zero-order valence-corrected chi connectivity index (χ0v) is 15.8. The first kappa shape index (κ1) is 18.2. The maximum absolute atomic E-state index is 12.7. The molecule has 2 aromatic carbocycles. The fourth-order valence-electron chi connectivity index (χ4n) is 3.56. The van der Waals surface area contributed by atoms with Crippen molar-refractivity contribution in [3.8, 4) is 0 Å². The lowest BCUT2D eigenvalue weighted by Gasteiger charge is -2.20. The van der Waals surface area contributed by atoms with Gasteiger partial charge in [-0.05, 0) is 73.9 Å². The highest BCUT2D eigenvalue weighted by atomic mass is 16.2. The number of rotatable bonds is 4. The van der Waals surface area contributed by atoms with Gasteiger partial charge >= 0.3 is 0 Å². The number of amides is 2. The molecule has 1 aliphatic rings. The third-order valence-electron chi connectivity index (χ3n) is 5.07. The molecule has 0 aliphatic heterocycles. The van der Waals surface area contributed by atoms with E-state index in [0.717, 1.165) is 29.7 Å². The van der Waals surface area contributed by atoms with Crippen LogP contribution in [-0.4, -0.2) is 30.3 Å². The average molecular weight is 350 g/mol. The van der Waals surface area contributed by atoms with Crippen molar-refractivity contribution >= 4 is 17.5 Å². The molecule has 4 nitrogen and oxygen atoms in total. The standard InChI is InChI=1S/C22H26N2O2/c1-15-7-6-8-16(2)21(15)23-20(25)14-24(3)22(26)19-12-11-17-9-4-5-10-18(17)13-19/h6-8,11-13H,4-5,9-10,14H2,1-3H3,(H,23,25). The van der Waals surface area contributed by atoms with Gasteiger partial charge in [0.25, 0.3) is 5.91 Å². The molecule has 0 atom stereocenters. The van der Waals surface area contributed by atoms with Crippen molar-refractivity contribution in [1.82, 2.24) is 4.90 Å². The van der Waals surface area contributed by atoms with Crippen LogP contribution < -0.4 is 5.32 Å². The molecule has 0 radical (unpaired) electrons. The molecule has 0 saturated carbocycles. The number of likely N-dealkylation sites (N-methyl/N-ethyl adjacent to an activating group) is 1. The maximum atomic E-state index is 12.7. The van der Waals surface area contributed by atoms with Crippen molar-refractivity contribution in [3.63, 3.8) is 0 Å². The first-order chi connectivity index (χ1) is 12.5. The first-order valence-electron chi connectivity index (χ1n) is 9.19. The molecule has 2 aromatic rings. The summed E-state index contributed by atoms with van der Waals surface area (Å²) in [5.74, 6) is -0.300. The molecule has 0 unspecified atom stereocenters. The number of para-hydroxylation sites is 1. The SMILES string of the molecule is Cc1cccc(C)c1NC(=O)CN(C)C(=O)c1ccc2c(c1)CCCC2. The number of hydrogen-bond donors (Lipinski definition) is 1. The zero-order chi connectivity index (χ0) is 18.7. The van der Waals surface area contributed by atoms with Gasteiger partial charge in [0.2, 0.25) is 5.91 Å². The minimum atomic E-state index is -0.184. The number of carbonyl (C=O) groups is 2. The van der Waals surface area contributed by atoms with Gasteiger partial charge < -0.3 is 10.2 Å². The van der Waals surface area contributed by atoms with Gasteiger partial charge in [0.1, 0.15) is 0 Å². The van der Waals surface area contributed by atoms with Gasteiger partial charge in [-0.1, -0.05) is 24.3 Å².